The van der Waals surface area contributed by atoms with E-state index in [0.717, 1.165) is 18.5 Å². The van der Waals surface area contributed by atoms with Crippen LogP contribution in [0.15, 0.2) is 29.4 Å². The molecule has 0 spiro atoms. The summed E-state index contributed by atoms with van der Waals surface area (Å²) >= 11 is 0. The van der Waals surface area contributed by atoms with Crippen molar-refractivity contribution in [2.45, 2.75) is 33.6 Å². The lowest BCUT2D eigenvalue weighted by Crippen LogP contribution is -1.89. The smallest absolute Gasteiger partial charge is 0.0371 e. The van der Waals surface area contributed by atoms with Gasteiger partial charge in [-0.3, -0.25) is 4.99 Å². The van der Waals surface area contributed by atoms with Crippen molar-refractivity contribution in [2.75, 3.05) is 0 Å². The standard InChI is InChI=1S/C10H17N/c1-5-7-9(3)11-10(4)8-6-2/h5,7H,1,6,8H2,2-4H3/b9-7-,11-10?. The lowest BCUT2D eigenvalue weighted by Gasteiger charge is -1.96. The summed E-state index contributed by atoms with van der Waals surface area (Å²) in [5.74, 6) is 0. The average molecular weight is 151 g/mol. The van der Waals surface area contributed by atoms with Gasteiger partial charge in [-0.05, 0) is 26.3 Å². The molecule has 1 nitrogen and oxygen atoms in total. The van der Waals surface area contributed by atoms with Gasteiger partial charge in [0.1, 0.15) is 0 Å². The topological polar surface area (TPSA) is 12.4 Å². The summed E-state index contributed by atoms with van der Waals surface area (Å²) in [4.78, 5) is 4.36. The molecule has 0 aliphatic heterocycles. The van der Waals surface area contributed by atoms with E-state index >= 15 is 0 Å². The fourth-order valence-electron chi connectivity index (χ4n) is 0.927. The van der Waals surface area contributed by atoms with E-state index in [2.05, 4.69) is 25.4 Å². The first kappa shape index (κ1) is 10.2. The van der Waals surface area contributed by atoms with Crippen LogP contribution < -0.4 is 0 Å². The average Bonchev–Trinajstić information content (AvgIpc) is 1.87. The van der Waals surface area contributed by atoms with E-state index in [1.807, 2.05) is 13.0 Å². The lowest BCUT2D eigenvalue weighted by molar-refractivity contribution is 0.983. The Morgan fingerprint density at radius 3 is 2.55 bits per heavy atom. The van der Waals surface area contributed by atoms with Crippen molar-refractivity contribution in [3.8, 4) is 0 Å². The van der Waals surface area contributed by atoms with Gasteiger partial charge < -0.3 is 0 Å². The maximum Gasteiger partial charge on any atom is 0.0371 e. The molecule has 1 heteroatoms. The highest BCUT2D eigenvalue weighted by molar-refractivity contribution is 5.82. The SMILES string of the molecule is C=C/C=C(/C)N=C(C)CCC. The van der Waals surface area contributed by atoms with E-state index < -0.39 is 0 Å². The summed E-state index contributed by atoms with van der Waals surface area (Å²) in [6, 6.07) is 0. The number of allylic oxidation sites excluding steroid dienone is 3. The molecule has 0 saturated heterocycles. The first-order valence-electron chi connectivity index (χ1n) is 4.04. The Morgan fingerprint density at radius 2 is 2.09 bits per heavy atom. The maximum absolute atomic E-state index is 4.36. The van der Waals surface area contributed by atoms with Crippen LogP contribution in [0.4, 0.5) is 0 Å². The largest absolute Gasteiger partial charge is 0.263 e. The molecule has 0 aromatic heterocycles. The van der Waals surface area contributed by atoms with Crippen LogP contribution in [0.25, 0.3) is 0 Å². The van der Waals surface area contributed by atoms with Crippen LogP contribution in [-0.4, -0.2) is 5.71 Å². The molecule has 0 aromatic rings. The predicted molar refractivity (Wildman–Crippen MR) is 52.0 cm³/mol. The summed E-state index contributed by atoms with van der Waals surface area (Å²) in [5.41, 5.74) is 2.23. The van der Waals surface area contributed by atoms with Crippen LogP contribution >= 0.6 is 0 Å². The quantitative estimate of drug-likeness (QED) is 0.431. The van der Waals surface area contributed by atoms with E-state index in [0.29, 0.717) is 0 Å². The fraction of sp³-hybridized carbons (Fsp3) is 0.500. The first-order chi connectivity index (χ1) is 5.20. The van der Waals surface area contributed by atoms with Crippen molar-refractivity contribution in [1.29, 1.82) is 0 Å². The Labute approximate surface area is 69.5 Å². The third-order valence-electron chi connectivity index (χ3n) is 1.34. The minimum Gasteiger partial charge on any atom is -0.263 e. The molecule has 11 heavy (non-hydrogen) atoms. The second kappa shape index (κ2) is 5.90. The van der Waals surface area contributed by atoms with Gasteiger partial charge in [-0.1, -0.05) is 26.0 Å². The molecule has 0 aromatic carbocycles. The molecule has 0 heterocycles. The van der Waals surface area contributed by atoms with Gasteiger partial charge in [0.15, 0.2) is 0 Å². The van der Waals surface area contributed by atoms with Crippen LogP contribution in [0, 0.1) is 0 Å². The Bertz CT molecular complexity index is 175. The third kappa shape index (κ3) is 5.59. The van der Waals surface area contributed by atoms with Crippen molar-refractivity contribution >= 4 is 5.71 Å². The summed E-state index contributed by atoms with van der Waals surface area (Å²) in [7, 11) is 0. The number of aliphatic imine (C=N–C) groups is 1. The molecular weight excluding hydrogens is 134 g/mol. The normalized spacial score (nSPS) is 13.4. The molecular formula is C10H17N. The van der Waals surface area contributed by atoms with Gasteiger partial charge in [0, 0.05) is 11.4 Å². The van der Waals surface area contributed by atoms with Crippen LogP contribution in [0.1, 0.15) is 33.6 Å². The highest BCUT2D eigenvalue weighted by Crippen LogP contribution is 1.99. The zero-order chi connectivity index (χ0) is 8.69. The van der Waals surface area contributed by atoms with Crippen LogP contribution in [-0.2, 0) is 0 Å². The van der Waals surface area contributed by atoms with Gasteiger partial charge in [-0.25, -0.2) is 0 Å². The number of nitrogens with zero attached hydrogens (tertiary/aromatic N) is 1. The Morgan fingerprint density at radius 1 is 1.45 bits per heavy atom. The second-order valence-electron chi connectivity index (χ2n) is 2.64. The van der Waals surface area contributed by atoms with E-state index in [4.69, 9.17) is 0 Å². The molecule has 0 aliphatic rings. The third-order valence-corrected chi connectivity index (χ3v) is 1.34. The van der Waals surface area contributed by atoms with Crippen molar-refractivity contribution in [1.82, 2.24) is 0 Å². The summed E-state index contributed by atoms with van der Waals surface area (Å²) in [6.45, 7) is 9.81. The summed E-state index contributed by atoms with van der Waals surface area (Å²) in [6.07, 6.45) is 5.93. The van der Waals surface area contributed by atoms with Gasteiger partial charge in [-0.15, -0.1) is 0 Å². The van der Waals surface area contributed by atoms with Crippen LogP contribution in [0.5, 0.6) is 0 Å². The van der Waals surface area contributed by atoms with Crippen molar-refractivity contribution in [3.05, 3.63) is 24.4 Å². The predicted octanol–water partition coefficient (Wildman–Crippen LogP) is 3.34. The highest BCUT2D eigenvalue weighted by Gasteiger charge is 1.88. The highest BCUT2D eigenvalue weighted by atomic mass is 14.7. The van der Waals surface area contributed by atoms with Gasteiger partial charge in [0.05, 0.1) is 0 Å². The Hall–Kier alpha value is -0.850. The molecule has 0 rings (SSSR count). The Kier molecular flexibility index (Phi) is 5.44. The molecule has 0 radical (unpaired) electrons. The second-order valence-corrected chi connectivity index (χ2v) is 2.64. The molecule has 0 amide bonds. The van der Waals surface area contributed by atoms with Gasteiger partial charge in [0.25, 0.3) is 0 Å². The molecule has 0 unspecified atom stereocenters. The van der Waals surface area contributed by atoms with Gasteiger partial charge in [-0.2, -0.15) is 0 Å². The zero-order valence-corrected chi connectivity index (χ0v) is 7.72. The van der Waals surface area contributed by atoms with E-state index in [1.54, 1.807) is 6.08 Å². The summed E-state index contributed by atoms with van der Waals surface area (Å²) in [5, 5.41) is 0. The van der Waals surface area contributed by atoms with E-state index in [1.165, 1.54) is 5.71 Å². The van der Waals surface area contributed by atoms with Gasteiger partial charge in [0.2, 0.25) is 0 Å². The molecule has 0 saturated carbocycles. The van der Waals surface area contributed by atoms with Crippen molar-refractivity contribution < 1.29 is 0 Å². The fourth-order valence-corrected chi connectivity index (χ4v) is 0.927. The van der Waals surface area contributed by atoms with Crippen LogP contribution in [0.2, 0.25) is 0 Å². The molecule has 0 N–H and O–H groups in total. The summed E-state index contributed by atoms with van der Waals surface area (Å²) < 4.78 is 0. The molecule has 0 atom stereocenters. The molecule has 0 bridgehead atoms. The van der Waals surface area contributed by atoms with Crippen molar-refractivity contribution in [2.24, 2.45) is 4.99 Å². The zero-order valence-electron chi connectivity index (χ0n) is 7.72. The monoisotopic (exact) mass is 151 g/mol. The minimum atomic E-state index is 1.03. The maximum atomic E-state index is 4.36. The Balaban J connectivity index is 4.06. The van der Waals surface area contributed by atoms with Gasteiger partial charge >= 0.3 is 0 Å². The lowest BCUT2D eigenvalue weighted by atomic mass is 10.2. The molecule has 62 valence electrons. The number of hydrogen-bond donors (Lipinski definition) is 0. The van der Waals surface area contributed by atoms with Crippen molar-refractivity contribution in [3.63, 3.8) is 0 Å². The van der Waals surface area contributed by atoms with E-state index in [-0.39, 0.29) is 0 Å². The first-order valence-corrected chi connectivity index (χ1v) is 4.04. The number of rotatable bonds is 4. The molecule has 0 fully saturated rings. The van der Waals surface area contributed by atoms with E-state index in [9.17, 15) is 0 Å². The molecule has 0 aliphatic carbocycles. The van der Waals surface area contributed by atoms with Crippen LogP contribution in [0.3, 0.4) is 0 Å². The number of hydrogen-bond acceptors (Lipinski definition) is 1. The minimum absolute atomic E-state index is 1.03.